The maximum Gasteiger partial charge on any atom is 0.280 e. The molecule has 0 aliphatic rings. The number of halogens is 3. The maximum atomic E-state index is 13.8. The van der Waals surface area contributed by atoms with Crippen LogP contribution in [0.25, 0.3) is 11.1 Å². The van der Waals surface area contributed by atoms with Crippen LogP contribution < -0.4 is 0 Å². The van der Waals surface area contributed by atoms with Gasteiger partial charge in [0.1, 0.15) is 5.82 Å². The van der Waals surface area contributed by atoms with E-state index in [1.54, 1.807) is 0 Å². The fraction of sp³-hybridized carbons (Fsp3) is 0. The minimum atomic E-state index is -0.701. The van der Waals surface area contributed by atoms with Crippen LogP contribution in [0.4, 0.5) is 10.1 Å². The molecule has 0 fully saturated rings. The molecule has 0 aliphatic carbocycles. The van der Waals surface area contributed by atoms with E-state index >= 15 is 0 Å². The summed E-state index contributed by atoms with van der Waals surface area (Å²) in [7, 11) is 0. The van der Waals surface area contributed by atoms with Crippen LogP contribution in [0.3, 0.4) is 0 Å². The average Bonchev–Trinajstić information content (AvgIpc) is 2.29. The summed E-state index contributed by atoms with van der Waals surface area (Å²) in [4.78, 5) is 10.2. The summed E-state index contributed by atoms with van der Waals surface area (Å²) in [5, 5.41) is 11.4. The minimum absolute atomic E-state index is 0.135. The van der Waals surface area contributed by atoms with E-state index in [-0.39, 0.29) is 21.8 Å². The van der Waals surface area contributed by atoms with Crippen LogP contribution in [-0.2, 0) is 0 Å². The molecule has 2 aromatic carbocycles. The van der Waals surface area contributed by atoms with Gasteiger partial charge in [0.05, 0.1) is 15.5 Å². The average molecular weight is 286 g/mol. The van der Waals surface area contributed by atoms with Gasteiger partial charge in [-0.25, -0.2) is 4.39 Å². The van der Waals surface area contributed by atoms with Crippen molar-refractivity contribution in [2.45, 2.75) is 0 Å². The number of nitro groups is 1. The van der Waals surface area contributed by atoms with Gasteiger partial charge in [0.25, 0.3) is 5.69 Å². The monoisotopic (exact) mass is 285 g/mol. The molecule has 2 rings (SSSR count). The predicted molar refractivity (Wildman–Crippen MR) is 68.5 cm³/mol. The zero-order valence-electron chi connectivity index (χ0n) is 8.86. The van der Waals surface area contributed by atoms with E-state index in [9.17, 15) is 14.5 Å². The smallest absolute Gasteiger partial charge is 0.258 e. The summed E-state index contributed by atoms with van der Waals surface area (Å²) >= 11 is 11.7. The molecule has 0 spiro atoms. The van der Waals surface area contributed by atoms with Crippen molar-refractivity contribution in [3.63, 3.8) is 0 Å². The van der Waals surface area contributed by atoms with Gasteiger partial charge in [-0.2, -0.15) is 0 Å². The molecule has 92 valence electrons. The van der Waals surface area contributed by atoms with Crippen molar-refractivity contribution in [3.05, 3.63) is 62.4 Å². The lowest BCUT2D eigenvalue weighted by atomic mass is 10.0. The standard InChI is InChI=1S/C12H6Cl2FNO2/c13-7-4-5-8(9(14)6-7)12-10(15)2-1-3-11(12)16(17)18/h1-6H. The second kappa shape index (κ2) is 4.92. The van der Waals surface area contributed by atoms with Crippen LogP contribution in [-0.4, -0.2) is 4.92 Å². The van der Waals surface area contributed by atoms with Crippen molar-refractivity contribution >= 4 is 28.9 Å². The Morgan fingerprint density at radius 2 is 1.89 bits per heavy atom. The third kappa shape index (κ3) is 2.30. The normalized spacial score (nSPS) is 10.4. The zero-order valence-corrected chi connectivity index (χ0v) is 10.4. The number of benzene rings is 2. The van der Waals surface area contributed by atoms with E-state index in [1.807, 2.05) is 0 Å². The van der Waals surface area contributed by atoms with E-state index in [0.717, 1.165) is 6.07 Å². The molecule has 0 unspecified atom stereocenters. The van der Waals surface area contributed by atoms with Gasteiger partial charge in [0.15, 0.2) is 0 Å². The van der Waals surface area contributed by atoms with Crippen LogP contribution in [0.5, 0.6) is 0 Å². The molecule has 6 heteroatoms. The quantitative estimate of drug-likeness (QED) is 0.592. The predicted octanol–water partition coefficient (Wildman–Crippen LogP) is 4.71. The third-order valence-electron chi connectivity index (χ3n) is 2.39. The van der Waals surface area contributed by atoms with Crippen molar-refractivity contribution in [2.75, 3.05) is 0 Å². The highest BCUT2D eigenvalue weighted by molar-refractivity contribution is 6.36. The van der Waals surface area contributed by atoms with E-state index in [4.69, 9.17) is 23.2 Å². The molecular weight excluding hydrogens is 280 g/mol. The van der Waals surface area contributed by atoms with Gasteiger partial charge >= 0.3 is 0 Å². The molecule has 0 saturated carbocycles. The van der Waals surface area contributed by atoms with Crippen LogP contribution in [0.2, 0.25) is 10.0 Å². The first kappa shape index (κ1) is 12.8. The molecule has 0 saturated heterocycles. The van der Waals surface area contributed by atoms with Crippen molar-refractivity contribution in [1.29, 1.82) is 0 Å². The first-order chi connectivity index (χ1) is 8.50. The van der Waals surface area contributed by atoms with Crippen molar-refractivity contribution < 1.29 is 9.31 Å². The number of rotatable bonds is 2. The summed E-state index contributed by atoms with van der Waals surface area (Å²) in [5.41, 5.74) is -0.228. The highest BCUT2D eigenvalue weighted by Crippen LogP contribution is 2.37. The Morgan fingerprint density at radius 3 is 2.50 bits per heavy atom. The number of nitro benzene ring substituents is 1. The summed E-state index contributed by atoms with van der Waals surface area (Å²) in [6.07, 6.45) is 0. The fourth-order valence-corrected chi connectivity index (χ4v) is 2.13. The topological polar surface area (TPSA) is 43.1 Å². The molecule has 18 heavy (non-hydrogen) atoms. The number of hydrogen-bond acceptors (Lipinski definition) is 2. The highest BCUT2D eigenvalue weighted by Gasteiger charge is 2.21. The third-order valence-corrected chi connectivity index (χ3v) is 2.94. The molecule has 0 bridgehead atoms. The van der Waals surface area contributed by atoms with Crippen LogP contribution in [0.1, 0.15) is 0 Å². The van der Waals surface area contributed by atoms with E-state index in [2.05, 4.69) is 0 Å². The summed E-state index contributed by atoms with van der Waals surface area (Å²) < 4.78 is 13.8. The summed E-state index contributed by atoms with van der Waals surface area (Å²) in [6.45, 7) is 0. The Balaban J connectivity index is 2.74. The molecule has 0 amide bonds. The Kier molecular flexibility index (Phi) is 3.50. The van der Waals surface area contributed by atoms with Crippen molar-refractivity contribution in [2.24, 2.45) is 0 Å². The second-order valence-corrected chi connectivity index (χ2v) is 4.36. The van der Waals surface area contributed by atoms with E-state index < -0.39 is 10.7 Å². The fourth-order valence-electron chi connectivity index (χ4n) is 1.62. The van der Waals surface area contributed by atoms with E-state index in [0.29, 0.717) is 5.02 Å². The lowest BCUT2D eigenvalue weighted by Gasteiger charge is -2.07. The van der Waals surface area contributed by atoms with Crippen molar-refractivity contribution in [3.8, 4) is 11.1 Å². The number of nitrogens with zero attached hydrogens (tertiary/aromatic N) is 1. The van der Waals surface area contributed by atoms with Gasteiger partial charge in [-0.15, -0.1) is 0 Å². The van der Waals surface area contributed by atoms with Gasteiger partial charge < -0.3 is 0 Å². The Morgan fingerprint density at radius 1 is 1.17 bits per heavy atom. The lowest BCUT2D eigenvalue weighted by Crippen LogP contribution is -1.95. The zero-order chi connectivity index (χ0) is 13.3. The SMILES string of the molecule is O=[N+]([O-])c1cccc(F)c1-c1ccc(Cl)cc1Cl. The second-order valence-electron chi connectivity index (χ2n) is 3.52. The van der Waals surface area contributed by atoms with Crippen LogP contribution >= 0.6 is 23.2 Å². The molecule has 0 heterocycles. The maximum absolute atomic E-state index is 13.8. The number of hydrogen-bond donors (Lipinski definition) is 0. The van der Waals surface area contributed by atoms with Crippen molar-refractivity contribution in [1.82, 2.24) is 0 Å². The van der Waals surface area contributed by atoms with Gasteiger partial charge in [-0.1, -0.05) is 35.3 Å². The lowest BCUT2D eigenvalue weighted by molar-refractivity contribution is -0.384. The molecule has 0 N–H and O–H groups in total. The molecule has 2 aromatic rings. The summed E-state index contributed by atoms with van der Waals surface area (Å²) in [6, 6.07) is 8.01. The molecule has 0 aliphatic heterocycles. The van der Waals surface area contributed by atoms with Gasteiger partial charge in [-0.05, 0) is 18.2 Å². The van der Waals surface area contributed by atoms with E-state index in [1.165, 1.54) is 30.3 Å². The Hall–Kier alpha value is -1.65. The molecule has 0 atom stereocenters. The Labute approximate surface area is 112 Å². The molecule has 3 nitrogen and oxygen atoms in total. The van der Waals surface area contributed by atoms with Crippen LogP contribution in [0.15, 0.2) is 36.4 Å². The first-order valence-electron chi connectivity index (χ1n) is 4.89. The highest BCUT2D eigenvalue weighted by atomic mass is 35.5. The molecular formula is C12H6Cl2FNO2. The minimum Gasteiger partial charge on any atom is -0.258 e. The molecule has 0 aromatic heterocycles. The Bertz CT molecular complexity index is 631. The van der Waals surface area contributed by atoms with Gasteiger partial charge in [-0.3, -0.25) is 10.1 Å². The van der Waals surface area contributed by atoms with Crippen LogP contribution in [0, 0.1) is 15.9 Å². The van der Waals surface area contributed by atoms with Gasteiger partial charge in [0, 0.05) is 16.7 Å². The largest absolute Gasteiger partial charge is 0.280 e. The van der Waals surface area contributed by atoms with Gasteiger partial charge in [0.2, 0.25) is 0 Å². The molecule has 0 radical (unpaired) electrons. The first-order valence-corrected chi connectivity index (χ1v) is 5.64. The summed E-state index contributed by atoms with van der Waals surface area (Å²) in [5.74, 6) is -0.701.